The second kappa shape index (κ2) is 6.22. The summed E-state index contributed by atoms with van der Waals surface area (Å²) in [7, 11) is 0. The maximum absolute atomic E-state index is 9.73. The Hall–Kier alpha value is -0.320. The first kappa shape index (κ1) is 17.7. The van der Waals surface area contributed by atoms with Crippen LogP contribution in [0.4, 0.5) is 0 Å². The van der Waals surface area contributed by atoms with Gasteiger partial charge in [-0.2, -0.15) is 0 Å². The summed E-state index contributed by atoms with van der Waals surface area (Å²) in [5.74, 6) is 0. The molecule has 6 unspecified atom stereocenters. The number of aliphatic hydroxyl groups is 8. The Morgan fingerprint density at radius 2 is 1.33 bits per heavy atom. The van der Waals surface area contributed by atoms with Crippen LogP contribution >= 0.6 is 0 Å². The molecular weight excluding hydrogens is 248 g/mol. The lowest BCUT2D eigenvalue weighted by Gasteiger charge is -2.39. The van der Waals surface area contributed by atoms with Crippen LogP contribution in [0.3, 0.4) is 0 Å². The summed E-state index contributed by atoms with van der Waals surface area (Å²) in [6, 6.07) is 0. The lowest BCUT2D eigenvalue weighted by atomic mass is 9.83. The van der Waals surface area contributed by atoms with Gasteiger partial charge in [0.15, 0.2) is 0 Å². The molecule has 0 aromatic heterocycles. The zero-order valence-corrected chi connectivity index (χ0v) is 10.3. The second-order valence-electron chi connectivity index (χ2n) is 4.82. The summed E-state index contributed by atoms with van der Waals surface area (Å²) in [6.07, 6.45) is -7.81. The maximum Gasteiger partial charge on any atom is 0.118 e. The second-order valence-corrected chi connectivity index (χ2v) is 4.82. The molecule has 18 heavy (non-hydrogen) atoms. The van der Waals surface area contributed by atoms with Crippen LogP contribution in [0.1, 0.15) is 13.8 Å². The third-order valence-corrected chi connectivity index (χ3v) is 3.05. The maximum atomic E-state index is 9.73. The molecule has 0 saturated heterocycles. The van der Waals surface area contributed by atoms with E-state index < -0.39 is 48.8 Å². The Morgan fingerprint density at radius 1 is 0.889 bits per heavy atom. The lowest BCUT2D eigenvalue weighted by Crippen LogP contribution is -2.62. The van der Waals surface area contributed by atoms with Crippen LogP contribution in [0.2, 0.25) is 0 Å². The molecule has 0 heterocycles. The highest BCUT2D eigenvalue weighted by molar-refractivity contribution is 4.98. The summed E-state index contributed by atoms with van der Waals surface area (Å²) in [5, 5.41) is 74.8. The molecule has 0 bridgehead atoms. The van der Waals surface area contributed by atoms with Crippen molar-refractivity contribution >= 4 is 0 Å². The quantitative estimate of drug-likeness (QED) is 0.231. The van der Waals surface area contributed by atoms with Gasteiger partial charge < -0.3 is 40.9 Å². The van der Waals surface area contributed by atoms with E-state index in [1.165, 1.54) is 0 Å². The third kappa shape index (κ3) is 3.59. The molecule has 0 saturated carbocycles. The highest BCUT2D eigenvalue weighted by Crippen LogP contribution is 2.23. The van der Waals surface area contributed by atoms with Gasteiger partial charge in [0.25, 0.3) is 0 Å². The molecule has 0 aliphatic rings. The fraction of sp³-hybridized carbons (Fsp3) is 1.00. The van der Waals surface area contributed by atoms with Crippen LogP contribution < -0.4 is 0 Å². The van der Waals surface area contributed by atoms with Gasteiger partial charge in [-0.25, -0.2) is 0 Å². The largest absolute Gasteiger partial charge is 0.394 e. The minimum atomic E-state index is -2.30. The molecule has 0 fully saturated rings. The van der Waals surface area contributed by atoms with E-state index in [1.807, 2.05) is 0 Å². The van der Waals surface area contributed by atoms with Crippen molar-refractivity contribution in [3.05, 3.63) is 0 Å². The van der Waals surface area contributed by atoms with Gasteiger partial charge in [-0.15, -0.1) is 0 Å². The molecule has 0 amide bonds. The van der Waals surface area contributed by atoms with Crippen LogP contribution in [0, 0.1) is 0 Å². The van der Waals surface area contributed by atoms with E-state index in [-0.39, 0.29) is 0 Å². The summed E-state index contributed by atoms with van der Waals surface area (Å²) in [5.41, 5.74) is -4.40. The van der Waals surface area contributed by atoms with Gasteiger partial charge in [-0.1, -0.05) is 0 Å². The Kier molecular flexibility index (Phi) is 6.11. The number of hydrogen-bond donors (Lipinski definition) is 8. The van der Waals surface area contributed by atoms with Crippen molar-refractivity contribution < 1.29 is 40.9 Å². The normalized spacial score (nSPS) is 25.7. The SMILES string of the molecule is CC(O)(CO)C(O)C(O)C(O)C(C)(O)C(O)CO. The van der Waals surface area contributed by atoms with Crippen molar-refractivity contribution in [1.82, 2.24) is 0 Å². The minimum Gasteiger partial charge on any atom is -0.394 e. The van der Waals surface area contributed by atoms with E-state index >= 15 is 0 Å². The van der Waals surface area contributed by atoms with Crippen LogP contribution in [-0.4, -0.2) is 89.7 Å². The minimum absolute atomic E-state index is 0.872. The van der Waals surface area contributed by atoms with E-state index in [4.69, 9.17) is 10.2 Å². The zero-order valence-electron chi connectivity index (χ0n) is 10.3. The fourth-order valence-corrected chi connectivity index (χ4v) is 1.36. The summed E-state index contributed by atoms with van der Waals surface area (Å²) >= 11 is 0. The Bertz CT molecular complexity index is 254. The molecule has 8 heteroatoms. The van der Waals surface area contributed by atoms with E-state index in [2.05, 4.69) is 0 Å². The third-order valence-electron chi connectivity index (χ3n) is 3.05. The Labute approximate surface area is 104 Å². The van der Waals surface area contributed by atoms with Crippen molar-refractivity contribution in [1.29, 1.82) is 0 Å². The van der Waals surface area contributed by atoms with Gasteiger partial charge >= 0.3 is 0 Å². The first-order valence-corrected chi connectivity index (χ1v) is 5.41. The van der Waals surface area contributed by atoms with Gasteiger partial charge in [0.2, 0.25) is 0 Å². The Balaban J connectivity index is 4.94. The molecule has 0 aliphatic heterocycles. The predicted octanol–water partition coefficient (Wildman–Crippen LogP) is -4.08. The van der Waals surface area contributed by atoms with Gasteiger partial charge in [0.05, 0.1) is 13.2 Å². The average molecular weight is 270 g/mol. The summed E-state index contributed by atoms with van der Waals surface area (Å²) in [6.45, 7) is 0.207. The number of hydrogen-bond acceptors (Lipinski definition) is 8. The first-order chi connectivity index (χ1) is 8.02. The molecule has 0 aromatic carbocycles. The molecule has 0 aromatic rings. The molecule has 0 radical (unpaired) electrons. The first-order valence-electron chi connectivity index (χ1n) is 5.41. The molecule has 6 atom stereocenters. The molecule has 8 N–H and O–H groups in total. The van der Waals surface area contributed by atoms with Gasteiger partial charge in [0, 0.05) is 0 Å². The molecule has 8 nitrogen and oxygen atoms in total. The van der Waals surface area contributed by atoms with E-state index in [9.17, 15) is 30.6 Å². The lowest BCUT2D eigenvalue weighted by molar-refractivity contribution is -0.216. The van der Waals surface area contributed by atoms with Crippen molar-refractivity contribution in [3.8, 4) is 0 Å². The number of rotatable bonds is 7. The topological polar surface area (TPSA) is 162 Å². The van der Waals surface area contributed by atoms with E-state index in [0.29, 0.717) is 0 Å². The molecule has 110 valence electrons. The summed E-state index contributed by atoms with van der Waals surface area (Å²) in [4.78, 5) is 0. The standard InChI is InChI=1S/C10H22O8/c1-9(17,4-12)7(15)6(14)8(16)10(2,18)5(13)3-11/h5-8,11-18H,3-4H2,1-2H3. The van der Waals surface area contributed by atoms with Crippen molar-refractivity contribution in [2.75, 3.05) is 13.2 Å². The van der Waals surface area contributed by atoms with Crippen LogP contribution in [-0.2, 0) is 0 Å². The predicted molar refractivity (Wildman–Crippen MR) is 59.4 cm³/mol. The van der Waals surface area contributed by atoms with Gasteiger partial charge in [-0.3, -0.25) is 0 Å². The highest BCUT2D eigenvalue weighted by atomic mass is 16.4. The van der Waals surface area contributed by atoms with Crippen molar-refractivity contribution in [2.45, 2.75) is 49.5 Å². The summed E-state index contributed by atoms with van der Waals surface area (Å²) < 4.78 is 0. The van der Waals surface area contributed by atoms with Crippen LogP contribution in [0.25, 0.3) is 0 Å². The fourth-order valence-electron chi connectivity index (χ4n) is 1.36. The molecule has 0 aliphatic carbocycles. The van der Waals surface area contributed by atoms with E-state index in [0.717, 1.165) is 13.8 Å². The molecule has 0 spiro atoms. The van der Waals surface area contributed by atoms with E-state index in [1.54, 1.807) is 0 Å². The highest BCUT2D eigenvalue weighted by Gasteiger charge is 2.47. The monoisotopic (exact) mass is 270 g/mol. The average Bonchev–Trinajstić information content (AvgIpc) is 2.34. The molecular formula is C10H22O8. The van der Waals surface area contributed by atoms with Gasteiger partial charge in [0.1, 0.15) is 35.6 Å². The van der Waals surface area contributed by atoms with Crippen LogP contribution in [0.15, 0.2) is 0 Å². The van der Waals surface area contributed by atoms with Gasteiger partial charge in [-0.05, 0) is 13.8 Å². The number of aliphatic hydroxyl groups excluding tert-OH is 6. The molecule has 0 rings (SSSR count). The van der Waals surface area contributed by atoms with Crippen molar-refractivity contribution in [3.63, 3.8) is 0 Å². The Morgan fingerprint density at radius 3 is 1.67 bits per heavy atom. The van der Waals surface area contributed by atoms with Crippen LogP contribution in [0.5, 0.6) is 0 Å². The zero-order chi connectivity index (χ0) is 14.7. The smallest absolute Gasteiger partial charge is 0.118 e. The van der Waals surface area contributed by atoms with Crippen molar-refractivity contribution in [2.24, 2.45) is 0 Å².